The molecule has 1 aromatic rings. The highest BCUT2D eigenvalue weighted by Crippen LogP contribution is 2.33. The molecule has 0 aliphatic carbocycles. The van der Waals surface area contributed by atoms with Gasteiger partial charge in [0.2, 0.25) is 0 Å². The van der Waals surface area contributed by atoms with Gasteiger partial charge in [0.1, 0.15) is 5.75 Å². The second kappa shape index (κ2) is 5.19. The Bertz CT molecular complexity index is 372. The fraction of sp³-hybridized carbons (Fsp3) is 0.538. The lowest BCUT2D eigenvalue weighted by molar-refractivity contribution is 0.407. The van der Waals surface area contributed by atoms with Crippen molar-refractivity contribution in [2.75, 3.05) is 20.2 Å². The number of methoxy groups -OCH3 is 1. The summed E-state index contributed by atoms with van der Waals surface area (Å²) in [5, 5.41) is 3.41. The lowest BCUT2D eigenvalue weighted by atomic mass is 9.97. The Hall–Kier alpha value is -0.540. The molecule has 1 saturated heterocycles. The van der Waals surface area contributed by atoms with Crippen molar-refractivity contribution in [1.29, 1.82) is 0 Å². The molecule has 1 fully saturated rings. The van der Waals surface area contributed by atoms with Crippen LogP contribution >= 0.6 is 15.9 Å². The molecule has 0 radical (unpaired) electrons. The molecular weight excluding hydrogens is 266 g/mol. The van der Waals surface area contributed by atoms with Crippen molar-refractivity contribution in [3.8, 4) is 5.75 Å². The lowest BCUT2D eigenvalue weighted by Gasteiger charge is -2.14. The van der Waals surface area contributed by atoms with E-state index in [-0.39, 0.29) is 0 Å². The number of hydrogen-bond donors (Lipinski definition) is 1. The zero-order valence-corrected chi connectivity index (χ0v) is 11.4. The first-order valence-electron chi connectivity index (χ1n) is 5.75. The predicted octanol–water partition coefficient (Wildman–Crippen LogP) is 2.92. The third-order valence-electron chi connectivity index (χ3n) is 3.25. The Morgan fingerprint density at radius 2 is 2.31 bits per heavy atom. The highest BCUT2D eigenvalue weighted by Gasteiger charge is 2.17. The van der Waals surface area contributed by atoms with Gasteiger partial charge in [-0.15, -0.1) is 0 Å². The van der Waals surface area contributed by atoms with Crippen LogP contribution in [0.25, 0.3) is 0 Å². The second-order valence-corrected chi connectivity index (χ2v) is 5.24. The summed E-state index contributed by atoms with van der Waals surface area (Å²) in [4.78, 5) is 0. The van der Waals surface area contributed by atoms with Crippen LogP contribution in [0.3, 0.4) is 0 Å². The van der Waals surface area contributed by atoms with Crippen molar-refractivity contribution >= 4 is 15.9 Å². The Balaban J connectivity index is 2.20. The summed E-state index contributed by atoms with van der Waals surface area (Å²) in [5.41, 5.74) is 2.54. The molecule has 3 heteroatoms. The summed E-state index contributed by atoms with van der Waals surface area (Å²) < 4.78 is 6.55. The van der Waals surface area contributed by atoms with Crippen LogP contribution in [-0.4, -0.2) is 20.2 Å². The Kier molecular flexibility index (Phi) is 3.87. The number of hydrogen-bond acceptors (Lipinski definition) is 2. The monoisotopic (exact) mass is 283 g/mol. The van der Waals surface area contributed by atoms with E-state index in [1.54, 1.807) is 7.11 Å². The standard InChI is InChI=1S/C13H18BrNO/c1-9-3-4-11(12(14)13(9)16-2)7-10-5-6-15-8-10/h3-4,10,15H,5-8H2,1-2H3. The Labute approximate surface area is 106 Å². The van der Waals surface area contributed by atoms with E-state index in [1.807, 2.05) is 0 Å². The molecule has 1 N–H and O–H groups in total. The minimum atomic E-state index is 0.767. The maximum absolute atomic E-state index is 5.42. The van der Waals surface area contributed by atoms with E-state index in [0.717, 1.165) is 35.7 Å². The number of ether oxygens (including phenoxy) is 1. The smallest absolute Gasteiger partial charge is 0.136 e. The zero-order valence-electron chi connectivity index (χ0n) is 9.85. The van der Waals surface area contributed by atoms with E-state index in [0.29, 0.717) is 0 Å². The van der Waals surface area contributed by atoms with Gasteiger partial charge >= 0.3 is 0 Å². The van der Waals surface area contributed by atoms with Crippen LogP contribution in [0, 0.1) is 12.8 Å². The van der Waals surface area contributed by atoms with Crippen LogP contribution in [0.5, 0.6) is 5.75 Å². The fourth-order valence-electron chi connectivity index (χ4n) is 2.30. The van der Waals surface area contributed by atoms with E-state index in [2.05, 4.69) is 40.3 Å². The first kappa shape index (κ1) is 11.9. The molecule has 2 rings (SSSR count). The maximum Gasteiger partial charge on any atom is 0.136 e. The SMILES string of the molecule is COc1c(C)ccc(CC2CCNC2)c1Br. The van der Waals surface area contributed by atoms with Gasteiger partial charge in [-0.25, -0.2) is 0 Å². The molecule has 1 aliphatic rings. The first-order valence-corrected chi connectivity index (χ1v) is 6.54. The second-order valence-electron chi connectivity index (χ2n) is 4.45. The lowest BCUT2D eigenvalue weighted by Crippen LogP contribution is -2.11. The van der Waals surface area contributed by atoms with Gasteiger partial charge in [-0.3, -0.25) is 0 Å². The molecule has 0 amide bonds. The van der Waals surface area contributed by atoms with Gasteiger partial charge < -0.3 is 10.1 Å². The van der Waals surface area contributed by atoms with Crippen LogP contribution < -0.4 is 10.1 Å². The molecule has 0 saturated carbocycles. The minimum absolute atomic E-state index is 0.767. The van der Waals surface area contributed by atoms with E-state index >= 15 is 0 Å². The molecule has 2 nitrogen and oxygen atoms in total. The van der Waals surface area contributed by atoms with Crippen molar-refractivity contribution in [2.45, 2.75) is 19.8 Å². The first-order chi connectivity index (χ1) is 7.72. The molecule has 0 aromatic heterocycles. The highest BCUT2D eigenvalue weighted by molar-refractivity contribution is 9.10. The summed E-state index contributed by atoms with van der Waals surface area (Å²) >= 11 is 3.65. The van der Waals surface area contributed by atoms with Crippen LogP contribution in [0.2, 0.25) is 0 Å². The zero-order chi connectivity index (χ0) is 11.5. The summed E-state index contributed by atoms with van der Waals surface area (Å²) in [5.74, 6) is 1.74. The molecule has 16 heavy (non-hydrogen) atoms. The molecule has 1 aromatic carbocycles. The third kappa shape index (κ3) is 2.41. The van der Waals surface area contributed by atoms with E-state index < -0.39 is 0 Å². The Morgan fingerprint density at radius 1 is 1.50 bits per heavy atom. The van der Waals surface area contributed by atoms with Gasteiger partial charge in [-0.2, -0.15) is 0 Å². The minimum Gasteiger partial charge on any atom is -0.495 e. The Morgan fingerprint density at radius 3 is 2.94 bits per heavy atom. The summed E-state index contributed by atoms with van der Waals surface area (Å²) in [6.45, 7) is 4.37. The van der Waals surface area contributed by atoms with Gasteiger partial charge in [-0.05, 0) is 65.8 Å². The van der Waals surface area contributed by atoms with E-state index in [9.17, 15) is 0 Å². The molecule has 1 atom stereocenters. The predicted molar refractivity (Wildman–Crippen MR) is 70.1 cm³/mol. The van der Waals surface area contributed by atoms with Gasteiger partial charge in [0.05, 0.1) is 11.6 Å². The van der Waals surface area contributed by atoms with E-state index in [4.69, 9.17) is 4.74 Å². The summed E-state index contributed by atoms with van der Waals surface area (Å²) in [7, 11) is 1.73. The van der Waals surface area contributed by atoms with E-state index in [1.165, 1.54) is 17.5 Å². The molecule has 0 bridgehead atoms. The van der Waals surface area contributed by atoms with Crippen LogP contribution in [0.4, 0.5) is 0 Å². The van der Waals surface area contributed by atoms with Crippen LogP contribution in [0.15, 0.2) is 16.6 Å². The van der Waals surface area contributed by atoms with Crippen molar-refractivity contribution < 1.29 is 4.74 Å². The normalized spacial score (nSPS) is 20.1. The topological polar surface area (TPSA) is 21.3 Å². The van der Waals surface area contributed by atoms with Crippen molar-refractivity contribution in [3.05, 3.63) is 27.7 Å². The summed E-state index contributed by atoms with van der Waals surface area (Å²) in [6.07, 6.45) is 2.41. The summed E-state index contributed by atoms with van der Waals surface area (Å²) in [6, 6.07) is 4.35. The maximum atomic E-state index is 5.42. The largest absolute Gasteiger partial charge is 0.495 e. The van der Waals surface area contributed by atoms with Crippen LogP contribution in [0.1, 0.15) is 17.5 Å². The fourth-order valence-corrected chi connectivity index (χ4v) is 3.07. The quantitative estimate of drug-likeness (QED) is 0.921. The highest BCUT2D eigenvalue weighted by atomic mass is 79.9. The third-order valence-corrected chi connectivity index (χ3v) is 4.12. The van der Waals surface area contributed by atoms with Crippen LogP contribution in [-0.2, 0) is 6.42 Å². The molecule has 1 heterocycles. The number of rotatable bonds is 3. The molecule has 1 unspecified atom stereocenters. The number of benzene rings is 1. The number of halogens is 1. The van der Waals surface area contributed by atoms with Gasteiger partial charge in [0, 0.05) is 0 Å². The molecular formula is C13H18BrNO. The number of nitrogens with one attached hydrogen (secondary N) is 1. The molecule has 1 aliphatic heterocycles. The van der Waals surface area contributed by atoms with Gasteiger partial charge in [0.15, 0.2) is 0 Å². The van der Waals surface area contributed by atoms with Crippen molar-refractivity contribution in [3.63, 3.8) is 0 Å². The van der Waals surface area contributed by atoms with Crippen molar-refractivity contribution in [2.24, 2.45) is 5.92 Å². The van der Waals surface area contributed by atoms with Gasteiger partial charge in [0.25, 0.3) is 0 Å². The molecule has 0 spiro atoms. The molecule has 88 valence electrons. The average Bonchev–Trinajstić information content (AvgIpc) is 2.76. The number of aryl methyl sites for hydroxylation is 1. The van der Waals surface area contributed by atoms with Crippen molar-refractivity contribution in [1.82, 2.24) is 5.32 Å². The average molecular weight is 284 g/mol. The van der Waals surface area contributed by atoms with Gasteiger partial charge in [-0.1, -0.05) is 12.1 Å².